The van der Waals surface area contributed by atoms with Gasteiger partial charge in [-0.2, -0.15) is 0 Å². The van der Waals surface area contributed by atoms with Crippen molar-refractivity contribution in [2.24, 2.45) is 11.8 Å². The fourth-order valence-electron chi connectivity index (χ4n) is 4.39. The summed E-state index contributed by atoms with van der Waals surface area (Å²) < 4.78 is 5.47. The average molecular weight is 542 g/mol. The van der Waals surface area contributed by atoms with E-state index in [-0.39, 0.29) is 23.8 Å². The molecule has 0 aliphatic rings. The number of amides is 3. The Bertz CT molecular complexity index is 974. The molecule has 39 heavy (non-hydrogen) atoms. The van der Waals surface area contributed by atoms with Crippen LogP contribution in [0.4, 0.5) is 4.79 Å². The van der Waals surface area contributed by atoms with Crippen LogP contribution in [-0.2, 0) is 14.3 Å². The van der Waals surface area contributed by atoms with E-state index < -0.39 is 23.8 Å². The first-order chi connectivity index (χ1) is 18.2. The summed E-state index contributed by atoms with van der Waals surface area (Å²) in [4.78, 5) is 42.7. The van der Waals surface area contributed by atoms with Crippen molar-refractivity contribution in [2.75, 3.05) is 6.54 Å². The predicted molar refractivity (Wildman–Crippen MR) is 158 cm³/mol. The van der Waals surface area contributed by atoms with E-state index in [0.717, 1.165) is 25.7 Å². The molecule has 3 atom stereocenters. The van der Waals surface area contributed by atoms with Gasteiger partial charge in [0.15, 0.2) is 0 Å². The number of nitrogens with one attached hydrogen (secondary N) is 2. The number of carbonyl (C=O) groups excluding carboxylic acids is 3. The average Bonchev–Trinajstić information content (AvgIpc) is 2.85. The van der Waals surface area contributed by atoms with Crippen molar-refractivity contribution in [3.05, 3.63) is 35.4 Å². The minimum atomic E-state index is -0.949. The lowest BCUT2D eigenvalue weighted by atomic mass is 9.93. The predicted octanol–water partition coefficient (Wildman–Crippen LogP) is 6.22. The number of alkyl carbamates (subject to hydrolysis) is 1. The van der Waals surface area contributed by atoms with Crippen molar-refractivity contribution in [1.29, 1.82) is 0 Å². The fraction of sp³-hybridized carbons (Fsp3) is 0.656. The number of hydrogen-bond acceptors (Lipinski definition) is 4. The van der Waals surface area contributed by atoms with Crippen LogP contribution in [0.25, 0.3) is 0 Å². The third-order valence-electron chi connectivity index (χ3n) is 6.51. The highest BCUT2D eigenvalue weighted by Gasteiger charge is 2.40. The Balaban J connectivity index is 3.63. The van der Waals surface area contributed by atoms with Crippen molar-refractivity contribution in [3.63, 3.8) is 0 Å². The highest BCUT2D eigenvalue weighted by atomic mass is 16.6. The second kappa shape index (κ2) is 16.2. The van der Waals surface area contributed by atoms with E-state index in [2.05, 4.69) is 37.3 Å². The van der Waals surface area contributed by atoms with Crippen molar-refractivity contribution in [3.8, 4) is 12.3 Å². The molecule has 1 rings (SSSR count). The molecule has 7 nitrogen and oxygen atoms in total. The van der Waals surface area contributed by atoms with E-state index in [0.29, 0.717) is 30.0 Å². The molecular formula is C32H51N3O4. The molecule has 0 spiro atoms. The lowest BCUT2D eigenvalue weighted by molar-refractivity contribution is -0.146. The Morgan fingerprint density at radius 3 is 2.21 bits per heavy atom. The summed E-state index contributed by atoms with van der Waals surface area (Å²) in [6.45, 7) is 17.9. The lowest BCUT2D eigenvalue weighted by Gasteiger charge is -2.40. The zero-order valence-electron chi connectivity index (χ0n) is 25.6. The monoisotopic (exact) mass is 541 g/mol. The van der Waals surface area contributed by atoms with Gasteiger partial charge in [0, 0.05) is 18.2 Å². The van der Waals surface area contributed by atoms with Crippen LogP contribution in [-0.4, -0.2) is 47.0 Å². The van der Waals surface area contributed by atoms with Gasteiger partial charge in [-0.3, -0.25) is 9.59 Å². The van der Waals surface area contributed by atoms with Gasteiger partial charge in [0.2, 0.25) is 11.8 Å². The summed E-state index contributed by atoms with van der Waals surface area (Å²) in [5.41, 5.74) is 0.435. The first kappa shape index (κ1) is 34.0. The van der Waals surface area contributed by atoms with E-state index in [4.69, 9.17) is 11.2 Å². The minimum absolute atomic E-state index is 0.249. The molecule has 0 fully saturated rings. The smallest absolute Gasteiger partial charge is 0.408 e. The van der Waals surface area contributed by atoms with Crippen LogP contribution in [0.1, 0.15) is 112 Å². The third kappa shape index (κ3) is 11.3. The third-order valence-corrected chi connectivity index (χ3v) is 6.51. The van der Waals surface area contributed by atoms with Gasteiger partial charge in [-0.15, -0.1) is 6.42 Å². The SMILES string of the molecule is C#Cc1ccccc1C(C(=O)NCCCCC)N(C(=O)C(NC(=O)OC(C)(C)C)C(C)C)C(C)CCC(C)C. The molecule has 0 bridgehead atoms. The van der Waals surface area contributed by atoms with E-state index in [1.807, 2.05) is 39.0 Å². The summed E-state index contributed by atoms with van der Waals surface area (Å²) in [6, 6.07) is 5.11. The Kier molecular flexibility index (Phi) is 14.1. The van der Waals surface area contributed by atoms with E-state index in [1.165, 1.54) is 0 Å². The number of carbonyl (C=O) groups is 3. The molecule has 0 saturated carbocycles. The van der Waals surface area contributed by atoms with Crippen LogP contribution in [0.5, 0.6) is 0 Å². The molecule has 0 aliphatic heterocycles. The molecule has 3 unspecified atom stereocenters. The number of terminal acetylenes is 1. The summed E-state index contributed by atoms with van der Waals surface area (Å²) in [6.07, 6.45) is 9.62. The van der Waals surface area contributed by atoms with Crippen LogP contribution in [0, 0.1) is 24.2 Å². The molecule has 3 amide bonds. The second-order valence-electron chi connectivity index (χ2n) is 12.1. The Hall–Kier alpha value is -3.01. The summed E-state index contributed by atoms with van der Waals surface area (Å²) in [5, 5.41) is 5.83. The second-order valence-corrected chi connectivity index (χ2v) is 12.1. The van der Waals surface area contributed by atoms with Gasteiger partial charge in [0.05, 0.1) is 0 Å². The quantitative estimate of drug-likeness (QED) is 0.216. The van der Waals surface area contributed by atoms with Gasteiger partial charge in [0.1, 0.15) is 17.7 Å². The summed E-state index contributed by atoms with van der Waals surface area (Å²) in [7, 11) is 0. The van der Waals surface area contributed by atoms with Crippen molar-refractivity contribution in [1.82, 2.24) is 15.5 Å². The van der Waals surface area contributed by atoms with Gasteiger partial charge in [-0.25, -0.2) is 4.79 Å². The standard InChI is InChI=1S/C32H51N3O4/c1-11-13-16-21-33-29(36)28(26-18-15-14-17-25(26)12-2)35(24(7)20-19-22(3)4)30(37)27(23(5)6)34-31(38)39-32(8,9)10/h2,14-15,17-18,22-24,27-28H,11,13,16,19-21H2,1,3-10H3,(H,33,36)(H,34,38). The van der Waals surface area contributed by atoms with Crippen molar-refractivity contribution < 1.29 is 19.1 Å². The van der Waals surface area contributed by atoms with E-state index in [9.17, 15) is 14.4 Å². The number of hydrogen-bond donors (Lipinski definition) is 2. The van der Waals surface area contributed by atoms with Gasteiger partial charge in [-0.05, 0) is 70.4 Å². The number of ether oxygens (including phenoxy) is 1. The summed E-state index contributed by atoms with van der Waals surface area (Å²) in [5.74, 6) is 2.24. The van der Waals surface area contributed by atoms with Gasteiger partial charge in [-0.1, -0.05) is 71.6 Å². The van der Waals surface area contributed by atoms with Crippen molar-refractivity contribution in [2.45, 2.75) is 118 Å². The van der Waals surface area contributed by atoms with E-state index in [1.54, 1.807) is 31.7 Å². The Labute approximate surface area is 236 Å². The molecule has 0 aromatic heterocycles. The highest BCUT2D eigenvalue weighted by Crippen LogP contribution is 2.30. The Morgan fingerprint density at radius 2 is 1.67 bits per heavy atom. The molecule has 7 heteroatoms. The normalized spacial score (nSPS) is 13.8. The van der Waals surface area contributed by atoms with Crippen LogP contribution < -0.4 is 10.6 Å². The van der Waals surface area contributed by atoms with Crippen LogP contribution in [0.15, 0.2) is 24.3 Å². The number of benzene rings is 1. The summed E-state index contributed by atoms with van der Waals surface area (Å²) >= 11 is 0. The molecule has 218 valence electrons. The van der Waals surface area contributed by atoms with Gasteiger partial charge < -0.3 is 20.3 Å². The Morgan fingerprint density at radius 1 is 1.03 bits per heavy atom. The topological polar surface area (TPSA) is 87.7 Å². The van der Waals surface area contributed by atoms with Crippen LogP contribution >= 0.6 is 0 Å². The lowest BCUT2D eigenvalue weighted by Crippen LogP contribution is -2.57. The van der Waals surface area contributed by atoms with Crippen LogP contribution in [0.2, 0.25) is 0 Å². The molecular weight excluding hydrogens is 490 g/mol. The van der Waals surface area contributed by atoms with Crippen molar-refractivity contribution >= 4 is 17.9 Å². The minimum Gasteiger partial charge on any atom is -0.444 e. The van der Waals surface area contributed by atoms with E-state index >= 15 is 0 Å². The maximum absolute atomic E-state index is 14.4. The molecule has 2 N–H and O–H groups in total. The molecule has 1 aromatic carbocycles. The molecule has 0 aliphatic carbocycles. The maximum atomic E-state index is 14.4. The molecule has 0 saturated heterocycles. The molecule has 0 radical (unpaired) electrons. The fourth-order valence-corrected chi connectivity index (χ4v) is 4.39. The number of rotatable bonds is 14. The van der Waals surface area contributed by atoms with Gasteiger partial charge >= 0.3 is 6.09 Å². The zero-order valence-corrected chi connectivity index (χ0v) is 25.6. The number of nitrogens with zero attached hydrogens (tertiary/aromatic N) is 1. The zero-order chi connectivity index (χ0) is 29.8. The largest absolute Gasteiger partial charge is 0.444 e. The molecule has 0 heterocycles. The van der Waals surface area contributed by atoms with Crippen LogP contribution in [0.3, 0.4) is 0 Å². The van der Waals surface area contributed by atoms with Gasteiger partial charge in [0.25, 0.3) is 0 Å². The highest BCUT2D eigenvalue weighted by molar-refractivity contribution is 5.93. The number of unbranched alkanes of at least 4 members (excludes halogenated alkanes) is 2. The maximum Gasteiger partial charge on any atom is 0.408 e. The molecule has 1 aromatic rings. The first-order valence-electron chi connectivity index (χ1n) is 14.4. The first-order valence-corrected chi connectivity index (χ1v) is 14.4.